The first-order chi connectivity index (χ1) is 13.8. The molecule has 1 unspecified atom stereocenters. The van der Waals surface area contributed by atoms with Crippen LogP contribution in [0.5, 0.6) is 11.5 Å². The summed E-state index contributed by atoms with van der Waals surface area (Å²) in [4.78, 5) is 3.82. The molecule has 3 aromatic carbocycles. The van der Waals surface area contributed by atoms with Gasteiger partial charge in [-0.2, -0.15) is 0 Å². The minimum absolute atomic E-state index is 0.507. The van der Waals surface area contributed by atoms with Gasteiger partial charge in [0.2, 0.25) is 0 Å². The highest BCUT2D eigenvalue weighted by molar-refractivity contribution is 6.07. The molecule has 142 valence electrons. The average Bonchev–Trinajstić information content (AvgIpc) is 3.14. The number of ether oxygens (including phenoxy) is 2. The Hall–Kier alpha value is -2.94. The summed E-state index contributed by atoms with van der Waals surface area (Å²) in [6.07, 6.45) is 4.63. The van der Waals surface area contributed by atoms with E-state index >= 15 is 0 Å². The molecule has 0 radical (unpaired) electrons. The highest BCUT2D eigenvalue weighted by atomic mass is 16.5. The van der Waals surface area contributed by atoms with Crippen molar-refractivity contribution < 1.29 is 9.47 Å². The number of hydrogen-bond acceptors (Lipinski definition) is 2. The van der Waals surface area contributed by atoms with E-state index in [4.69, 9.17) is 9.47 Å². The number of fused-ring (bicyclic) bond motifs is 5. The Balaban J connectivity index is 1.56. The predicted octanol–water partition coefficient (Wildman–Crippen LogP) is 6.00. The number of methoxy groups -OCH3 is 2. The third kappa shape index (κ3) is 2.73. The van der Waals surface area contributed by atoms with Gasteiger partial charge in [-0.3, -0.25) is 0 Å². The fourth-order valence-corrected chi connectivity index (χ4v) is 4.80. The summed E-state index contributed by atoms with van der Waals surface area (Å²) in [6.45, 7) is 0. The van der Waals surface area contributed by atoms with Gasteiger partial charge in [-0.25, -0.2) is 0 Å². The van der Waals surface area contributed by atoms with E-state index in [1.54, 1.807) is 14.2 Å². The zero-order valence-electron chi connectivity index (χ0n) is 16.4. The van der Waals surface area contributed by atoms with Crippen LogP contribution in [0.1, 0.15) is 35.6 Å². The Labute approximate surface area is 165 Å². The molecule has 1 aromatic heterocycles. The normalized spacial score (nSPS) is 16.3. The first kappa shape index (κ1) is 17.2. The first-order valence-electron chi connectivity index (χ1n) is 10.0. The van der Waals surface area contributed by atoms with Gasteiger partial charge in [0.15, 0.2) is 11.5 Å². The monoisotopic (exact) mass is 371 g/mol. The van der Waals surface area contributed by atoms with Crippen molar-refractivity contribution >= 4 is 21.7 Å². The van der Waals surface area contributed by atoms with Gasteiger partial charge in [-0.1, -0.05) is 42.5 Å². The molecule has 1 N–H and O–H groups in total. The van der Waals surface area contributed by atoms with E-state index in [1.807, 2.05) is 6.07 Å². The highest BCUT2D eigenvalue weighted by Gasteiger charge is 2.25. The fourth-order valence-electron chi connectivity index (χ4n) is 4.80. The number of aromatic nitrogens is 1. The molecule has 0 amide bonds. The van der Waals surface area contributed by atoms with Crippen molar-refractivity contribution in [1.82, 2.24) is 4.98 Å². The lowest BCUT2D eigenvalue weighted by Gasteiger charge is -2.23. The summed E-state index contributed by atoms with van der Waals surface area (Å²) < 4.78 is 10.9. The molecular weight excluding hydrogens is 346 g/mol. The van der Waals surface area contributed by atoms with Crippen molar-refractivity contribution in [3.05, 3.63) is 71.4 Å². The molecule has 1 aliphatic carbocycles. The van der Waals surface area contributed by atoms with E-state index in [-0.39, 0.29) is 0 Å². The van der Waals surface area contributed by atoms with Gasteiger partial charge in [0.05, 0.1) is 19.7 Å². The van der Waals surface area contributed by atoms with Gasteiger partial charge < -0.3 is 14.5 Å². The summed E-state index contributed by atoms with van der Waals surface area (Å²) >= 11 is 0. The van der Waals surface area contributed by atoms with Gasteiger partial charge in [-0.15, -0.1) is 0 Å². The lowest BCUT2D eigenvalue weighted by atomic mass is 9.83. The third-order valence-electron chi connectivity index (χ3n) is 6.16. The van der Waals surface area contributed by atoms with E-state index in [1.165, 1.54) is 51.3 Å². The predicted molar refractivity (Wildman–Crippen MR) is 115 cm³/mol. The van der Waals surface area contributed by atoms with Crippen LogP contribution in [0.25, 0.3) is 21.7 Å². The molecule has 1 atom stereocenters. The molecule has 0 saturated carbocycles. The second-order valence-corrected chi connectivity index (χ2v) is 7.71. The average molecular weight is 371 g/mol. The van der Waals surface area contributed by atoms with Crippen LogP contribution in [0.2, 0.25) is 0 Å². The van der Waals surface area contributed by atoms with Crippen molar-refractivity contribution in [1.29, 1.82) is 0 Å². The van der Waals surface area contributed by atoms with Crippen LogP contribution in [0.15, 0.2) is 54.6 Å². The Bertz CT molecular complexity index is 1160. The summed E-state index contributed by atoms with van der Waals surface area (Å²) in [5.74, 6) is 2.10. The molecule has 5 rings (SSSR count). The van der Waals surface area contributed by atoms with Crippen molar-refractivity contribution in [3.63, 3.8) is 0 Å². The van der Waals surface area contributed by atoms with Gasteiger partial charge in [0, 0.05) is 22.4 Å². The molecule has 28 heavy (non-hydrogen) atoms. The number of aryl methyl sites for hydroxylation is 1. The van der Waals surface area contributed by atoms with Crippen molar-refractivity contribution in [3.8, 4) is 11.5 Å². The lowest BCUT2D eigenvalue weighted by molar-refractivity contribution is 0.354. The van der Waals surface area contributed by atoms with Crippen LogP contribution < -0.4 is 9.47 Å². The molecule has 0 fully saturated rings. The van der Waals surface area contributed by atoms with Crippen LogP contribution in [0.4, 0.5) is 0 Å². The summed E-state index contributed by atoms with van der Waals surface area (Å²) in [7, 11) is 3.38. The van der Waals surface area contributed by atoms with E-state index in [2.05, 4.69) is 53.5 Å². The molecule has 0 spiro atoms. The quantitative estimate of drug-likeness (QED) is 0.477. The number of H-pyrrole nitrogens is 1. The number of hydrogen-bond donors (Lipinski definition) is 1. The number of nitrogens with one attached hydrogen (secondary N) is 1. The topological polar surface area (TPSA) is 34.2 Å². The highest BCUT2D eigenvalue weighted by Crippen LogP contribution is 2.40. The van der Waals surface area contributed by atoms with Gasteiger partial charge in [-0.05, 0) is 54.3 Å². The Morgan fingerprint density at radius 2 is 1.79 bits per heavy atom. The summed E-state index contributed by atoms with van der Waals surface area (Å²) in [5.41, 5.74) is 5.52. The van der Waals surface area contributed by atoms with Gasteiger partial charge >= 0.3 is 0 Å². The molecule has 0 aliphatic heterocycles. The largest absolute Gasteiger partial charge is 0.493 e. The van der Waals surface area contributed by atoms with E-state index in [0.717, 1.165) is 24.3 Å². The first-order valence-corrected chi connectivity index (χ1v) is 10.0. The standard InChI is InChI=1S/C25H25NO2/c1-27-22-13-10-16(15-23(22)28-2)14-18-7-5-9-20-21-12-11-17-6-3-4-8-19(17)25(21)26-24(18)20/h3-4,6,8,10-13,15,18,26H,5,7,9,14H2,1-2H3. The minimum atomic E-state index is 0.507. The lowest BCUT2D eigenvalue weighted by Crippen LogP contribution is -2.11. The van der Waals surface area contributed by atoms with E-state index < -0.39 is 0 Å². The number of benzene rings is 3. The van der Waals surface area contributed by atoms with Crippen molar-refractivity contribution in [2.45, 2.75) is 31.6 Å². The Morgan fingerprint density at radius 1 is 0.929 bits per heavy atom. The maximum Gasteiger partial charge on any atom is 0.160 e. The van der Waals surface area contributed by atoms with Crippen LogP contribution in [-0.4, -0.2) is 19.2 Å². The fraction of sp³-hybridized carbons (Fsp3) is 0.280. The Morgan fingerprint density at radius 3 is 2.64 bits per heavy atom. The molecule has 3 nitrogen and oxygen atoms in total. The van der Waals surface area contributed by atoms with E-state index in [9.17, 15) is 0 Å². The zero-order chi connectivity index (χ0) is 19.1. The van der Waals surface area contributed by atoms with Crippen LogP contribution >= 0.6 is 0 Å². The Kier molecular flexibility index (Phi) is 4.23. The molecule has 1 heterocycles. The minimum Gasteiger partial charge on any atom is -0.493 e. The zero-order valence-corrected chi connectivity index (χ0v) is 16.4. The number of aromatic amines is 1. The molecular formula is C25H25NO2. The van der Waals surface area contributed by atoms with Gasteiger partial charge in [0.25, 0.3) is 0 Å². The van der Waals surface area contributed by atoms with Crippen LogP contribution in [0, 0.1) is 0 Å². The molecule has 4 aromatic rings. The van der Waals surface area contributed by atoms with Crippen LogP contribution in [0.3, 0.4) is 0 Å². The smallest absolute Gasteiger partial charge is 0.160 e. The van der Waals surface area contributed by atoms with Crippen LogP contribution in [-0.2, 0) is 12.8 Å². The van der Waals surface area contributed by atoms with E-state index in [0.29, 0.717) is 5.92 Å². The molecule has 0 bridgehead atoms. The second kappa shape index (κ2) is 6.90. The SMILES string of the molecule is COc1ccc(CC2CCCc3c2[nH]c2c3ccc3ccccc32)cc1OC. The summed E-state index contributed by atoms with van der Waals surface area (Å²) in [5, 5.41) is 4.01. The third-order valence-corrected chi connectivity index (χ3v) is 6.16. The second-order valence-electron chi connectivity index (χ2n) is 7.71. The van der Waals surface area contributed by atoms with Crippen molar-refractivity contribution in [2.75, 3.05) is 14.2 Å². The molecule has 0 saturated heterocycles. The molecule has 3 heteroatoms. The summed E-state index contributed by atoms with van der Waals surface area (Å²) in [6, 6.07) is 19.5. The van der Waals surface area contributed by atoms with Crippen molar-refractivity contribution in [2.24, 2.45) is 0 Å². The van der Waals surface area contributed by atoms with Gasteiger partial charge in [0.1, 0.15) is 0 Å². The molecule has 1 aliphatic rings. The maximum absolute atomic E-state index is 5.50. The number of rotatable bonds is 4. The maximum atomic E-state index is 5.50.